The molecule has 2 rings (SSSR count). The van der Waals surface area contributed by atoms with E-state index in [9.17, 15) is 0 Å². The van der Waals surface area contributed by atoms with Gasteiger partial charge in [0.2, 0.25) is 0 Å². The first-order chi connectivity index (χ1) is 6.90. The molecule has 0 saturated heterocycles. The summed E-state index contributed by atoms with van der Waals surface area (Å²) in [6.07, 6.45) is 1.19. The Balaban J connectivity index is 2.22. The third-order valence-corrected chi connectivity index (χ3v) is 3.39. The van der Waals surface area contributed by atoms with Crippen LogP contribution in [0.5, 0.6) is 0 Å². The minimum Gasteiger partial charge on any atom is -0.366 e. The van der Waals surface area contributed by atoms with Crippen molar-refractivity contribution in [2.75, 3.05) is 5.32 Å². The molecule has 1 heterocycles. The van der Waals surface area contributed by atoms with Crippen LogP contribution >= 0.6 is 11.6 Å². The Morgan fingerprint density at radius 1 is 1.33 bits per heavy atom. The molecule has 0 aliphatic heterocycles. The molecule has 1 aromatic heterocycles. The molecule has 0 radical (unpaired) electrons. The van der Waals surface area contributed by atoms with Crippen LogP contribution in [0.15, 0.2) is 0 Å². The number of halogens is 1. The molecule has 0 amide bonds. The van der Waals surface area contributed by atoms with Crippen molar-refractivity contribution in [3.63, 3.8) is 0 Å². The molecular weight excluding hydrogens is 210 g/mol. The van der Waals surface area contributed by atoms with Gasteiger partial charge in [-0.05, 0) is 25.7 Å². The number of hydrogen-bond donors (Lipinski definition) is 1. The lowest BCUT2D eigenvalue weighted by Crippen LogP contribution is -2.12. The third-order valence-electron chi connectivity index (χ3n) is 3.02. The molecule has 0 spiro atoms. The smallest absolute Gasteiger partial charge is 0.137 e. The fraction of sp³-hybridized carbons (Fsp3) is 0.636. The highest BCUT2D eigenvalue weighted by atomic mass is 35.5. The first-order valence-corrected chi connectivity index (χ1v) is 5.55. The Bertz CT molecular complexity index is 401. The fourth-order valence-corrected chi connectivity index (χ4v) is 1.83. The first-order valence-electron chi connectivity index (χ1n) is 5.17. The van der Waals surface area contributed by atoms with E-state index in [0.29, 0.717) is 22.4 Å². The molecule has 1 N–H and O–H groups in total. The van der Waals surface area contributed by atoms with Crippen molar-refractivity contribution in [2.24, 2.45) is 5.41 Å². The summed E-state index contributed by atoms with van der Waals surface area (Å²) in [5, 5.41) is 3.97. The van der Waals surface area contributed by atoms with E-state index in [1.807, 2.05) is 13.8 Å². The standard InChI is InChI=1S/C11H16ClN3/c1-6-9(12)13-7(2)14-10(6)15-8-5-11(8,3)4/h8H,5H2,1-4H3,(H,13,14,15). The van der Waals surface area contributed by atoms with Gasteiger partial charge in [0.25, 0.3) is 0 Å². The summed E-state index contributed by atoms with van der Waals surface area (Å²) in [5.74, 6) is 1.59. The molecule has 1 aliphatic rings. The van der Waals surface area contributed by atoms with Crippen molar-refractivity contribution in [2.45, 2.75) is 40.2 Å². The summed E-state index contributed by atoms with van der Waals surface area (Å²) in [5.41, 5.74) is 1.32. The van der Waals surface area contributed by atoms with Crippen molar-refractivity contribution in [3.8, 4) is 0 Å². The van der Waals surface area contributed by atoms with Gasteiger partial charge in [0.15, 0.2) is 0 Å². The molecule has 4 heteroatoms. The number of nitrogens with one attached hydrogen (secondary N) is 1. The minimum atomic E-state index is 0.387. The van der Waals surface area contributed by atoms with Gasteiger partial charge < -0.3 is 5.32 Å². The average molecular weight is 226 g/mol. The predicted octanol–water partition coefficient (Wildman–Crippen LogP) is 2.96. The molecule has 0 aromatic carbocycles. The SMILES string of the molecule is Cc1nc(Cl)c(C)c(NC2CC2(C)C)n1. The van der Waals surface area contributed by atoms with Gasteiger partial charge in [0.1, 0.15) is 16.8 Å². The van der Waals surface area contributed by atoms with E-state index in [0.717, 1.165) is 11.4 Å². The molecule has 82 valence electrons. The van der Waals surface area contributed by atoms with Crippen molar-refractivity contribution in [1.29, 1.82) is 0 Å². The zero-order chi connectivity index (χ0) is 11.2. The summed E-state index contributed by atoms with van der Waals surface area (Å²) >= 11 is 6.00. The van der Waals surface area contributed by atoms with Crippen LogP contribution in [0.25, 0.3) is 0 Å². The van der Waals surface area contributed by atoms with Crippen molar-refractivity contribution < 1.29 is 0 Å². The summed E-state index contributed by atoms with van der Waals surface area (Å²) in [7, 11) is 0. The second-order valence-corrected chi connectivity index (χ2v) is 5.28. The number of nitrogens with zero attached hydrogens (tertiary/aromatic N) is 2. The topological polar surface area (TPSA) is 37.8 Å². The summed E-state index contributed by atoms with van der Waals surface area (Å²) in [4.78, 5) is 8.48. The van der Waals surface area contributed by atoms with Gasteiger partial charge in [-0.25, -0.2) is 9.97 Å². The Kier molecular flexibility index (Phi) is 2.38. The molecule has 1 saturated carbocycles. The maximum atomic E-state index is 6.00. The monoisotopic (exact) mass is 225 g/mol. The summed E-state index contributed by atoms with van der Waals surface area (Å²) < 4.78 is 0. The summed E-state index contributed by atoms with van der Waals surface area (Å²) in [6.45, 7) is 8.29. The normalized spacial score (nSPS) is 22.6. The minimum absolute atomic E-state index is 0.387. The fourth-order valence-electron chi connectivity index (χ4n) is 1.61. The van der Waals surface area contributed by atoms with Crippen LogP contribution in [0, 0.1) is 19.3 Å². The van der Waals surface area contributed by atoms with Gasteiger partial charge in [-0.2, -0.15) is 0 Å². The van der Waals surface area contributed by atoms with Crippen LogP contribution < -0.4 is 5.32 Å². The molecule has 1 aliphatic carbocycles. The van der Waals surface area contributed by atoms with E-state index >= 15 is 0 Å². The predicted molar refractivity (Wildman–Crippen MR) is 62.3 cm³/mol. The molecule has 1 atom stereocenters. The Morgan fingerprint density at radius 3 is 2.47 bits per heavy atom. The first kappa shape index (κ1) is 10.7. The lowest BCUT2D eigenvalue weighted by molar-refractivity contribution is 0.629. The van der Waals surface area contributed by atoms with Gasteiger partial charge in [-0.1, -0.05) is 25.4 Å². The number of anilines is 1. The van der Waals surface area contributed by atoms with Crippen molar-refractivity contribution in [1.82, 2.24) is 9.97 Å². The number of rotatable bonds is 2. The zero-order valence-corrected chi connectivity index (χ0v) is 10.3. The molecule has 1 unspecified atom stereocenters. The highest BCUT2D eigenvalue weighted by Gasteiger charge is 2.46. The molecule has 0 bridgehead atoms. The van der Waals surface area contributed by atoms with Crippen LogP contribution in [0.4, 0.5) is 5.82 Å². The van der Waals surface area contributed by atoms with E-state index in [-0.39, 0.29) is 0 Å². The lowest BCUT2D eigenvalue weighted by Gasteiger charge is -2.11. The van der Waals surface area contributed by atoms with Gasteiger partial charge in [-0.15, -0.1) is 0 Å². The van der Waals surface area contributed by atoms with Gasteiger partial charge in [0.05, 0.1) is 0 Å². The van der Waals surface area contributed by atoms with Crippen LogP contribution in [-0.2, 0) is 0 Å². The van der Waals surface area contributed by atoms with E-state index in [1.165, 1.54) is 6.42 Å². The molecule has 3 nitrogen and oxygen atoms in total. The largest absolute Gasteiger partial charge is 0.366 e. The Hall–Kier alpha value is -0.830. The van der Waals surface area contributed by atoms with Crippen molar-refractivity contribution >= 4 is 17.4 Å². The quantitative estimate of drug-likeness (QED) is 0.787. The van der Waals surface area contributed by atoms with E-state index in [4.69, 9.17) is 11.6 Å². The Labute approximate surface area is 95.3 Å². The summed E-state index contributed by atoms with van der Waals surface area (Å²) in [6, 6.07) is 0.515. The lowest BCUT2D eigenvalue weighted by atomic mass is 10.2. The maximum absolute atomic E-state index is 6.00. The molecule has 1 fully saturated rings. The van der Waals surface area contributed by atoms with Crippen LogP contribution in [0.3, 0.4) is 0 Å². The van der Waals surface area contributed by atoms with Gasteiger partial charge in [0, 0.05) is 11.6 Å². The second-order valence-electron chi connectivity index (χ2n) is 4.92. The van der Waals surface area contributed by atoms with Crippen LogP contribution in [0.1, 0.15) is 31.7 Å². The Morgan fingerprint density at radius 2 is 1.93 bits per heavy atom. The van der Waals surface area contributed by atoms with Gasteiger partial charge in [-0.3, -0.25) is 0 Å². The van der Waals surface area contributed by atoms with E-state index in [1.54, 1.807) is 0 Å². The van der Waals surface area contributed by atoms with Crippen molar-refractivity contribution in [3.05, 3.63) is 16.5 Å². The molecule has 15 heavy (non-hydrogen) atoms. The van der Waals surface area contributed by atoms with Gasteiger partial charge >= 0.3 is 0 Å². The highest BCUT2D eigenvalue weighted by Crippen LogP contribution is 2.46. The highest BCUT2D eigenvalue weighted by molar-refractivity contribution is 6.30. The van der Waals surface area contributed by atoms with Crippen LogP contribution in [-0.4, -0.2) is 16.0 Å². The van der Waals surface area contributed by atoms with E-state index in [2.05, 4.69) is 29.1 Å². The number of aryl methyl sites for hydroxylation is 1. The second kappa shape index (κ2) is 3.34. The maximum Gasteiger partial charge on any atom is 0.137 e. The molecule has 1 aromatic rings. The van der Waals surface area contributed by atoms with E-state index < -0.39 is 0 Å². The molecular formula is C11H16ClN3. The number of hydrogen-bond acceptors (Lipinski definition) is 3. The number of aromatic nitrogens is 2. The van der Waals surface area contributed by atoms with Crippen LogP contribution in [0.2, 0.25) is 5.15 Å². The third kappa shape index (κ3) is 2.07. The zero-order valence-electron chi connectivity index (χ0n) is 9.56. The average Bonchev–Trinajstić information content (AvgIpc) is 2.69.